The van der Waals surface area contributed by atoms with Gasteiger partial charge in [0.15, 0.2) is 0 Å². The summed E-state index contributed by atoms with van der Waals surface area (Å²) >= 11 is 0. The van der Waals surface area contributed by atoms with Gasteiger partial charge in [0.05, 0.1) is 0 Å². The minimum absolute atomic E-state index is 0.0285. The van der Waals surface area contributed by atoms with Crippen molar-refractivity contribution in [3.63, 3.8) is 0 Å². The van der Waals surface area contributed by atoms with E-state index in [-0.39, 0.29) is 5.91 Å². The van der Waals surface area contributed by atoms with Crippen molar-refractivity contribution in [1.82, 2.24) is 5.32 Å². The number of amides is 1. The lowest BCUT2D eigenvalue weighted by Crippen LogP contribution is -2.27. The van der Waals surface area contributed by atoms with Gasteiger partial charge in [-0.15, -0.1) is 0 Å². The molecule has 1 aromatic carbocycles. The van der Waals surface area contributed by atoms with E-state index in [1.807, 2.05) is 12.1 Å². The maximum Gasteiger partial charge on any atom is 0.251 e. The highest BCUT2D eigenvalue weighted by atomic mass is 16.1. The minimum Gasteiger partial charge on any atom is -0.352 e. The molecule has 0 spiro atoms. The molecule has 94 valence electrons. The fraction of sp³-hybridized carbons (Fsp3) is 0.533. The van der Waals surface area contributed by atoms with Gasteiger partial charge in [-0.3, -0.25) is 4.79 Å². The Kier molecular flexibility index (Phi) is 5.75. The summed E-state index contributed by atoms with van der Waals surface area (Å²) in [6.07, 6.45) is 3.51. The number of nitrogens with one attached hydrogen (secondary N) is 1. The van der Waals surface area contributed by atoms with Gasteiger partial charge in [-0.05, 0) is 36.5 Å². The lowest BCUT2D eigenvalue weighted by Gasteiger charge is -2.08. The van der Waals surface area contributed by atoms with E-state index in [1.165, 1.54) is 18.4 Å². The monoisotopic (exact) mass is 233 g/mol. The van der Waals surface area contributed by atoms with Crippen LogP contribution in [0.25, 0.3) is 0 Å². The first-order chi connectivity index (χ1) is 8.13. The second-order valence-electron chi connectivity index (χ2n) is 4.90. The summed E-state index contributed by atoms with van der Waals surface area (Å²) in [5, 5.41) is 2.92. The van der Waals surface area contributed by atoms with Crippen LogP contribution >= 0.6 is 0 Å². The predicted molar refractivity (Wildman–Crippen MR) is 72.2 cm³/mol. The summed E-state index contributed by atoms with van der Waals surface area (Å²) in [5.74, 6) is 0.517. The molecule has 0 unspecified atom stereocenters. The van der Waals surface area contributed by atoms with E-state index in [9.17, 15) is 4.79 Å². The van der Waals surface area contributed by atoms with Crippen molar-refractivity contribution in [2.24, 2.45) is 5.92 Å². The molecule has 1 amide bonds. The van der Waals surface area contributed by atoms with E-state index in [0.29, 0.717) is 5.92 Å². The molecule has 0 bridgehead atoms. The minimum atomic E-state index is 0.0285. The summed E-state index contributed by atoms with van der Waals surface area (Å²) < 4.78 is 0. The smallest absolute Gasteiger partial charge is 0.251 e. The van der Waals surface area contributed by atoms with Crippen LogP contribution in [-0.4, -0.2) is 12.5 Å². The van der Waals surface area contributed by atoms with Gasteiger partial charge < -0.3 is 5.32 Å². The molecule has 0 atom stereocenters. The third kappa shape index (κ3) is 5.03. The maximum atomic E-state index is 11.8. The molecular formula is C15H23NO. The van der Waals surface area contributed by atoms with E-state index >= 15 is 0 Å². The molecular weight excluding hydrogens is 210 g/mol. The number of aryl methyl sites for hydroxylation is 1. The molecule has 0 aliphatic carbocycles. The molecule has 2 heteroatoms. The van der Waals surface area contributed by atoms with E-state index in [2.05, 4.69) is 38.2 Å². The second-order valence-corrected chi connectivity index (χ2v) is 4.90. The number of rotatable bonds is 6. The molecule has 0 aliphatic rings. The third-order valence-electron chi connectivity index (χ3n) is 2.71. The largest absolute Gasteiger partial charge is 0.352 e. The summed E-state index contributed by atoms with van der Waals surface area (Å²) in [6, 6.07) is 7.95. The average molecular weight is 233 g/mol. The quantitative estimate of drug-likeness (QED) is 0.801. The van der Waals surface area contributed by atoms with Crippen molar-refractivity contribution in [3.05, 3.63) is 35.4 Å². The van der Waals surface area contributed by atoms with Gasteiger partial charge >= 0.3 is 0 Å². The predicted octanol–water partition coefficient (Wildman–Crippen LogP) is 3.42. The number of hydrogen-bond acceptors (Lipinski definition) is 1. The van der Waals surface area contributed by atoms with Crippen molar-refractivity contribution >= 4 is 5.91 Å². The third-order valence-corrected chi connectivity index (χ3v) is 2.71. The zero-order valence-corrected chi connectivity index (χ0v) is 11.1. The van der Waals surface area contributed by atoms with Crippen LogP contribution < -0.4 is 5.32 Å². The van der Waals surface area contributed by atoms with Gasteiger partial charge in [-0.2, -0.15) is 0 Å². The van der Waals surface area contributed by atoms with Gasteiger partial charge in [0, 0.05) is 12.1 Å². The number of benzene rings is 1. The Morgan fingerprint density at radius 3 is 2.41 bits per heavy atom. The summed E-state index contributed by atoms with van der Waals surface area (Å²) in [5.41, 5.74) is 2.07. The van der Waals surface area contributed by atoms with E-state index in [1.54, 1.807) is 0 Å². The van der Waals surface area contributed by atoms with Gasteiger partial charge in [-0.25, -0.2) is 0 Å². The molecule has 2 nitrogen and oxygen atoms in total. The normalized spacial score (nSPS) is 10.6. The molecule has 0 fully saturated rings. The zero-order valence-electron chi connectivity index (χ0n) is 11.1. The topological polar surface area (TPSA) is 29.1 Å². The van der Waals surface area contributed by atoms with Crippen molar-refractivity contribution in [2.45, 2.75) is 40.0 Å². The maximum absolute atomic E-state index is 11.8. The standard InChI is InChI=1S/C15H23NO/c1-4-5-6-13-7-9-14(10-8-13)15(17)16-11-12(2)3/h7-10,12H,4-6,11H2,1-3H3,(H,16,17). The molecule has 0 aliphatic heterocycles. The van der Waals surface area contributed by atoms with Gasteiger partial charge in [0.25, 0.3) is 5.91 Å². The van der Waals surface area contributed by atoms with E-state index in [4.69, 9.17) is 0 Å². The fourth-order valence-corrected chi connectivity index (χ4v) is 1.60. The van der Waals surface area contributed by atoms with E-state index in [0.717, 1.165) is 18.5 Å². The Balaban J connectivity index is 2.51. The molecule has 0 aromatic heterocycles. The Bertz CT molecular complexity index is 340. The van der Waals surface area contributed by atoms with Crippen LogP contribution in [0.4, 0.5) is 0 Å². The second kappa shape index (κ2) is 7.10. The highest BCUT2D eigenvalue weighted by Gasteiger charge is 2.05. The van der Waals surface area contributed by atoms with Crippen LogP contribution in [0.5, 0.6) is 0 Å². The van der Waals surface area contributed by atoms with Crippen molar-refractivity contribution in [3.8, 4) is 0 Å². The zero-order chi connectivity index (χ0) is 12.7. The molecule has 1 aromatic rings. The molecule has 0 saturated carbocycles. The number of carbonyl (C=O) groups excluding carboxylic acids is 1. The van der Waals surface area contributed by atoms with Crippen LogP contribution in [0, 0.1) is 5.92 Å². The SMILES string of the molecule is CCCCc1ccc(C(=O)NCC(C)C)cc1. The molecule has 17 heavy (non-hydrogen) atoms. The van der Waals surface area contributed by atoms with Crippen molar-refractivity contribution in [2.75, 3.05) is 6.54 Å². The van der Waals surface area contributed by atoms with Crippen LogP contribution in [0.2, 0.25) is 0 Å². The number of carbonyl (C=O) groups is 1. The molecule has 0 radical (unpaired) electrons. The van der Waals surface area contributed by atoms with Gasteiger partial charge in [0.1, 0.15) is 0 Å². The Hall–Kier alpha value is -1.31. The van der Waals surface area contributed by atoms with Crippen LogP contribution in [0.15, 0.2) is 24.3 Å². The van der Waals surface area contributed by atoms with Crippen molar-refractivity contribution in [1.29, 1.82) is 0 Å². The first-order valence-electron chi connectivity index (χ1n) is 6.50. The highest BCUT2D eigenvalue weighted by molar-refractivity contribution is 5.94. The van der Waals surface area contributed by atoms with Crippen LogP contribution in [0.3, 0.4) is 0 Å². The summed E-state index contributed by atoms with van der Waals surface area (Å²) in [7, 11) is 0. The fourth-order valence-electron chi connectivity index (χ4n) is 1.60. The molecule has 1 N–H and O–H groups in total. The van der Waals surface area contributed by atoms with E-state index < -0.39 is 0 Å². The average Bonchev–Trinajstić information content (AvgIpc) is 2.34. The number of hydrogen-bond donors (Lipinski definition) is 1. The molecule has 1 rings (SSSR count). The first kappa shape index (κ1) is 13.8. The lowest BCUT2D eigenvalue weighted by molar-refractivity contribution is 0.0949. The van der Waals surface area contributed by atoms with Crippen LogP contribution in [0.1, 0.15) is 49.5 Å². The van der Waals surface area contributed by atoms with Gasteiger partial charge in [-0.1, -0.05) is 39.3 Å². The molecule has 0 saturated heterocycles. The van der Waals surface area contributed by atoms with Crippen molar-refractivity contribution < 1.29 is 4.79 Å². The Morgan fingerprint density at radius 1 is 1.24 bits per heavy atom. The first-order valence-corrected chi connectivity index (χ1v) is 6.50. The lowest BCUT2D eigenvalue weighted by atomic mass is 10.1. The van der Waals surface area contributed by atoms with Gasteiger partial charge in [0.2, 0.25) is 0 Å². The number of unbranched alkanes of at least 4 members (excludes halogenated alkanes) is 1. The summed E-state index contributed by atoms with van der Waals surface area (Å²) in [4.78, 5) is 11.8. The Morgan fingerprint density at radius 2 is 1.88 bits per heavy atom. The highest BCUT2D eigenvalue weighted by Crippen LogP contribution is 2.08. The van der Waals surface area contributed by atoms with Crippen LogP contribution in [-0.2, 0) is 6.42 Å². The summed E-state index contributed by atoms with van der Waals surface area (Å²) in [6.45, 7) is 7.10. The Labute approximate surface area is 104 Å². The molecule has 0 heterocycles.